The van der Waals surface area contributed by atoms with Crippen LogP contribution in [0.15, 0.2) is 36.7 Å². The topological polar surface area (TPSA) is 90.1 Å². The molecule has 0 saturated carbocycles. The molecule has 1 aliphatic rings. The van der Waals surface area contributed by atoms with Crippen molar-refractivity contribution in [3.05, 3.63) is 54.1 Å². The van der Waals surface area contributed by atoms with E-state index in [-0.39, 0.29) is 22.8 Å². The van der Waals surface area contributed by atoms with E-state index in [2.05, 4.69) is 52.9 Å². The molecular weight excluding hydrogens is 464 g/mol. The molecule has 2 atom stereocenters. The summed E-state index contributed by atoms with van der Waals surface area (Å²) in [6.07, 6.45) is 4.94. The van der Waals surface area contributed by atoms with Crippen LogP contribution in [0.2, 0.25) is 0 Å². The molecule has 1 saturated heterocycles. The van der Waals surface area contributed by atoms with Crippen LogP contribution in [0.1, 0.15) is 71.7 Å². The van der Waals surface area contributed by atoms with E-state index in [0.717, 1.165) is 37.7 Å². The summed E-state index contributed by atoms with van der Waals surface area (Å²) < 4.78 is 27.4. The third-order valence-corrected chi connectivity index (χ3v) is 6.33. The normalized spacial score (nSPS) is 15.4. The number of aromatic amines is 1. The summed E-state index contributed by atoms with van der Waals surface area (Å²) in [5, 5.41) is 5.79. The van der Waals surface area contributed by atoms with Crippen molar-refractivity contribution in [3.63, 3.8) is 0 Å². The molecule has 0 radical (unpaired) electrons. The molecule has 1 fully saturated rings. The van der Waals surface area contributed by atoms with Crippen LogP contribution in [-0.4, -0.2) is 45.8 Å². The van der Waals surface area contributed by atoms with Gasteiger partial charge in [-0.15, -0.1) is 0 Å². The van der Waals surface area contributed by atoms with Crippen LogP contribution in [0, 0.1) is 17.0 Å². The van der Waals surface area contributed by atoms with Gasteiger partial charge < -0.3 is 20.5 Å². The first-order valence-electron chi connectivity index (χ1n) is 12.5. The van der Waals surface area contributed by atoms with Crippen molar-refractivity contribution in [2.45, 2.75) is 71.9 Å². The standard InChI is InChI=1S/C27H37F2N5O2/c1-17(34-12-6-7-13-34)14-22(32-24(35)10-11-27(3,4)5)26(36)31-18(2)25-30-16-23(33-25)20-9-8-19(28)15-21(20)29/h8-9,15-16,18,22H,1,6-7,10-14H2,2-5H3,(H,30,33)(H,31,36)(H,32,35)/t18-,22-/m0/s1. The molecule has 0 unspecified atom stereocenters. The first kappa shape index (κ1) is 27.4. The van der Waals surface area contributed by atoms with Crippen LogP contribution >= 0.6 is 0 Å². The van der Waals surface area contributed by atoms with Crippen LogP contribution in [-0.2, 0) is 9.59 Å². The Kier molecular flexibility index (Phi) is 8.87. The molecule has 2 aromatic rings. The van der Waals surface area contributed by atoms with E-state index in [0.29, 0.717) is 30.8 Å². The highest BCUT2D eigenvalue weighted by Gasteiger charge is 2.27. The van der Waals surface area contributed by atoms with E-state index in [1.807, 2.05) is 0 Å². The van der Waals surface area contributed by atoms with Gasteiger partial charge in [0.05, 0.1) is 17.9 Å². The van der Waals surface area contributed by atoms with Crippen LogP contribution < -0.4 is 10.6 Å². The van der Waals surface area contributed by atoms with Gasteiger partial charge in [0, 0.05) is 43.3 Å². The van der Waals surface area contributed by atoms with Crippen molar-refractivity contribution in [2.75, 3.05) is 13.1 Å². The average molecular weight is 502 g/mol. The van der Waals surface area contributed by atoms with E-state index in [9.17, 15) is 18.4 Å². The Hall–Kier alpha value is -3.23. The molecule has 1 aromatic carbocycles. The highest BCUT2D eigenvalue weighted by molar-refractivity contribution is 5.88. The number of imidazole rings is 1. The zero-order valence-electron chi connectivity index (χ0n) is 21.6. The Bertz CT molecular complexity index is 1090. The first-order valence-corrected chi connectivity index (χ1v) is 12.5. The number of halogens is 2. The average Bonchev–Trinajstić information content (AvgIpc) is 3.49. The second kappa shape index (κ2) is 11.7. The summed E-state index contributed by atoms with van der Waals surface area (Å²) in [4.78, 5) is 35.3. The third-order valence-electron chi connectivity index (χ3n) is 6.33. The fraction of sp³-hybridized carbons (Fsp3) is 0.519. The Balaban J connectivity index is 1.69. The Labute approximate surface area is 211 Å². The minimum Gasteiger partial charge on any atom is -0.375 e. The summed E-state index contributed by atoms with van der Waals surface area (Å²) in [6.45, 7) is 13.9. The van der Waals surface area contributed by atoms with Gasteiger partial charge in [0.15, 0.2) is 0 Å². The largest absolute Gasteiger partial charge is 0.375 e. The van der Waals surface area contributed by atoms with Crippen LogP contribution in [0.3, 0.4) is 0 Å². The van der Waals surface area contributed by atoms with Gasteiger partial charge in [0.2, 0.25) is 11.8 Å². The molecule has 2 amide bonds. The number of carbonyl (C=O) groups excluding carboxylic acids is 2. The van der Waals surface area contributed by atoms with Gasteiger partial charge in [0.1, 0.15) is 23.5 Å². The number of rotatable bonds is 10. The molecule has 3 rings (SSSR count). The second-order valence-corrected chi connectivity index (χ2v) is 10.7. The zero-order valence-corrected chi connectivity index (χ0v) is 21.6. The number of amides is 2. The fourth-order valence-electron chi connectivity index (χ4n) is 4.15. The van der Waals surface area contributed by atoms with Crippen molar-refractivity contribution >= 4 is 11.8 Å². The van der Waals surface area contributed by atoms with Gasteiger partial charge in [-0.25, -0.2) is 13.8 Å². The Morgan fingerprint density at radius 1 is 1.19 bits per heavy atom. The van der Waals surface area contributed by atoms with Gasteiger partial charge in [-0.05, 0) is 43.7 Å². The number of H-pyrrole nitrogens is 1. The summed E-state index contributed by atoms with van der Waals surface area (Å²) in [7, 11) is 0. The lowest BCUT2D eigenvalue weighted by atomic mass is 9.90. The maximum absolute atomic E-state index is 14.2. The molecule has 1 aromatic heterocycles. The molecule has 3 N–H and O–H groups in total. The number of carbonyl (C=O) groups is 2. The van der Waals surface area contributed by atoms with Crippen molar-refractivity contribution < 1.29 is 18.4 Å². The van der Waals surface area contributed by atoms with E-state index in [1.165, 1.54) is 18.3 Å². The van der Waals surface area contributed by atoms with E-state index < -0.39 is 23.7 Å². The molecule has 1 aliphatic heterocycles. The number of nitrogens with one attached hydrogen (secondary N) is 3. The van der Waals surface area contributed by atoms with E-state index in [4.69, 9.17) is 0 Å². The van der Waals surface area contributed by atoms with Gasteiger partial charge in [-0.1, -0.05) is 27.4 Å². The van der Waals surface area contributed by atoms with Gasteiger partial charge in [-0.3, -0.25) is 9.59 Å². The number of hydrogen-bond donors (Lipinski definition) is 3. The summed E-state index contributed by atoms with van der Waals surface area (Å²) >= 11 is 0. The predicted molar refractivity (Wildman–Crippen MR) is 136 cm³/mol. The summed E-state index contributed by atoms with van der Waals surface area (Å²) in [5.74, 6) is -1.49. The van der Waals surface area contributed by atoms with Gasteiger partial charge in [-0.2, -0.15) is 0 Å². The van der Waals surface area contributed by atoms with Crippen LogP contribution in [0.4, 0.5) is 8.78 Å². The number of likely N-dealkylation sites (tertiary alicyclic amines) is 1. The summed E-state index contributed by atoms with van der Waals surface area (Å²) in [5.41, 5.74) is 1.38. The maximum Gasteiger partial charge on any atom is 0.243 e. The lowest BCUT2D eigenvalue weighted by Gasteiger charge is -2.26. The molecular formula is C27H37F2N5O2. The number of benzene rings is 1. The molecule has 196 valence electrons. The lowest BCUT2D eigenvalue weighted by molar-refractivity contribution is -0.129. The monoisotopic (exact) mass is 501 g/mol. The molecule has 0 spiro atoms. The van der Waals surface area contributed by atoms with E-state index >= 15 is 0 Å². The van der Waals surface area contributed by atoms with Gasteiger partial charge >= 0.3 is 0 Å². The molecule has 2 heterocycles. The Morgan fingerprint density at radius 3 is 2.53 bits per heavy atom. The van der Waals surface area contributed by atoms with Crippen molar-refractivity contribution in [3.8, 4) is 11.3 Å². The lowest BCUT2D eigenvalue weighted by Crippen LogP contribution is -2.48. The van der Waals surface area contributed by atoms with Gasteiger partial charge in [0.25, 0.3) is 0 Å². The highest BCUT2D eigenvalue weighted by Crippen LogP contribution is 2.24. The first-order chi connectivity index (χ1) is 16.9. The number of nitrogens with zero attached hydrogens (tertiary/aromatic N) is 2. The minimum atomic E-state index is -0.781. The highest BCUT2D eigenvalue weighted by atomic mass is 19.1. The third kappa shape index (κ3) is 7.63. The molecule has 9 heteroatoms. The smallest absolute Gasteiger partial charge is 0.243 e. The van der Waals surface area contributed by atoms with Crippen molar-refractivity contribution in [2.24, 2.45) is 5.41 Å². The molecule has 0 aliphatic carbocycles. The van der Waals surface area contributed by atoms with Crippen molar-refractivity contribution in [1.29, 1.82) is 0 Å². The second-order valence-electron chi connectivity index (χ2n) is 10.7. The SMILES string of the molecule is C=C(C[C@H](NC(=O)CCC(C)(C)C)C(=O)N[C@@H](C)c1ncc(-c2ccc(F)cc2F)[nH]1)N1CCCC1. The summed E-state index contributed by atoms with van der Waals surface area (Å²) in [6, 6.07) is 1.99. The number of hydrogen-bond acceptors (Lipinski definition) is 4. The van der Waals surface area contributed by atoms with Crippen molar-refractivity contribution in [1.82, 2.24) is 25.5 Å². The van der Waals surface area contributed by atoms with Crippen LogP contribution in [0.5, 0.6) is 0 Å². The predicted octanol–water partition coefficient (Wildman–Crippen LogP) is 4.84. The Morgan fingerprint density at radius 2 is 1.89 bits per heavy atom. The van der Waals surface area contributed by atoms with Crippen LogP contribution in [0.25, 0.3) is 11.3 Å². The molecule has 7 nitrogen and oxygen atoms in total. The molecule has 0 bridgehead atoms. The number of aromatic nitrogens is 2. The quantitative estimate of drug-likeness (QED) is 0.435. The fourth-order valence-corrected chi connectivity index (χ4v) is 4.15. The van der Waals surface area contributed by atoms with E-state index in [1.54, 1.807) is 6.92 Å². The minimum absolute atomic E-state index is 0.00372. The zero-order chi connectivity index (χ0) is 26.5. The molecule has 36 heavy (non-hydrogen) atoms. The maximum atomic E-state index is 14.2.